The SMILES string of the molecule is CCOCCCNc1nccn1CC(C)(C)CC. The molecule has 0 radical (unpaired) electrons. The van der Waals surface area contributed by atoms with Gasteiger partial charge in [0.2, 0.25) is 5.95 Å². The second-order valence-electron chi connectivity index (χ2n) is 5.37. The Morgan fingerprint density at radius 1 is 1.39 bits per heavy atom. The van der Waals surface area contributed by atoms with Crippen LogP contribution < -0.4 is 5.32 Å². The van der Waals surface area contributed by atoms with Crippen LogP contribution in [0.4, 0.5) is 5.95 Å². The number of hydrogen-bond donors (Lipinski definition) is 1. The molecule has 0 saturated carbocycles. The lowest BCUT2D eigenvalue weighted by molar-refractivity contribution is 0.147. The van der Waals surface area contributed by atoms with Crippen molar-refractivity contribution in [3.8, 4) is 0 Å². The predicted octanol–water partition coefficient (Wildman–Crippen LogP) is 3.16. The highest BCUT2D eigenvalue weighted by atomic mass is 16.5. The molecule has 0 aliphatic heterocycles. The van der Waals surface area contributed by atoms with E-state index in [1.807, 2.05) is 19.3 Å². The van der Waals surface area contributed by atoms with Crippen molar-refractivity contribution < 1.29 is 4.74 Å². The van der Waals surface area contributed by atoms with Gasteiger partial charge in [0.15, 0.2) is 0 Å². The Morgan fingerprint density at radius 2 is 2.17 bits per heavy atom. The van der Waals surface area contributed by atoms with Crippen molar-refractivity contribution in [1.29, 1.82) is 0 Å². The van der Waals surface area contributed by atoms with E-state index in [1.165, 1.54) is 0 Å². The Labute approximate surface area is 111 Å². The molecular formula is C14H27N3O. The Balaban J connectivity index is 2.40. The first-order valence-electron chi connectivity index (χ1n) is 6.92. The third-order valence-corrected chi connectivity index (χ3v) is 3.22. The third kappa shape index (κ3) is 5.08. The summed E-state index contributed by atoms with van der Waals surface area (Å²) in [4.78, 5) is 4.36. The Hall–Kier alpha value is -1.03. The fourth-order valence-electron chi connectivity index (χ4n) is 1.70. The molecule has 0 aliphatic rings. The number of hydrogen-bond acceptors (Lipinski definition) is 3. The number of nitrogens with one attached hydrogen (secondary N) is 1. The van der Waals surface area contributed by atoms with Crippen molar-refractivity contribution in [3.63, 3.8) is 0 Å². The molecule has 18 heavy (non-hydrogen) atoms. The number of imidazole rings is 1. The largest absolute Gasteiger partial charge is 0.382 e. The molecule has 4 nitrogen and oxygen atoms in total. The first-order valence-corrected chi connectivity index (χ1v) is 6.92. The van der Waals surface area contributed by atoms with Crippen LogP contribution in [0.3, 0.4) is 0 Å². The van der Waals surface area contributed by atoms with Crippen LogP contribution in [-0.2, 0) is 11.3 Å². The van der Waals surface area contributed by atoms with E-state index in [-0.39, 0.29) is 0 Å². The summed E-state index contributed by atoms with van der Waals surface area (Å²) >= 11 is 0. The minimum atomic E-state index is 0.308. The molecule has 0 amide bonds. The van der Waals surface area contributed by atoms with E-state index in [0.717, 1.165) is 45.1 Å². The van der Waals surface area contributed by atoms with E-state index in [9.17, 15) is 0 Å². The van der Waals surface area contributed by atoms with Gasteiger partial charge in [-0.15, -0.1) is 0 Å². The van der Waals surface area contributed by atoms with Crippen molar-refractivity contribution >= 4 is 5.95 Å². The predicted molar refractivity (Wildman–Crippen MR) is 75.9 cm³/mol. The van der Waals surface area contributed by atoms with Crippen LogP contribution in [-0.4, -0.2) is 29.3 Å². The summed E-state index contributed by atoms with van der Waals surface area (Å²) in [5, 5.41) is 3.37. The van der Waals surface area contributed by atoms with Crippen molar-refractivity contribution in [2.75, 3.05) is 25.1 Å². The summed E-state index contributed by atoms with van der Waals surface area (Å²) in [5.74, 6) is 0.966. The van der Waals surface area contributed by atoms with Crippen molar-refractivity contribution in [2.24, 2.45) is 5.41 Å². The van der Waals surface area contributed by atoms with Gasteiger partial charge in [-0.05, 0) is 25.2 Å². The van der Waals surface area contributed by atoms with E-state index < -0.39 is 0 Å². The quantitative estimate of drug-likeness (QED) is 0.687. The summed E-state index contributed by atoms with van der Waals surface area (Å²) in [5.41, 5.74) is 0.308. The molecule has 0 unspecified atom stereocenters. The van der Waals surface area contributed by atoms with Crippen molar-refractivity contribution in [2.45, 2.75) is 47.1 Å². The molecule has 1 heterocycles. The lowest BCUT2D eigenvalue weighted by Gasteiger charge is -2.24. The van der Waals surface area contributed by atoms with Crippen molar-refractivity contribution in [3.05, 3.63) is 12.4 Å². The summed E-state index contributed by atoms with van der Waals surface area (Å²) in [6.07, 6.45) is 6.08. The number of rotatable bonds is 9. The maximum absolute atomic E-state index is 5.31. The van der Waals surface area contributed by atoms with Crippen LogP contribution in [0.2, 0.25) is 0 Å². The number of aromatic nitrogens is 2. The van der Waals surface area contributed by atoms with Gasteiger partial charge < -0.3 is 14.6 Å². The molecule has 0 spiro atoms. The van der Waals surface area contributed by atoms with Gasteiger partial charge in [-0.2, -0.15) is 0 Å². The average molecular weight is 253 g/mol. The van der Waals surface area contributed by atoms with Crippen LogP contribution in [0.15, 0.2) is 12.4 Å². The van der Waals surface area contributed by atoms with Crippen LogP contribution >= 0.6 is 0 Å². The zero-order valence-electron chi connectivity index (χ0n) is 12.2. The first-order chi connectivity index (χ1) is 8.59. The molecule has 1 aromatic heterocycles. The van der Waals surface area contributed by atoms with E-state index in [0.29, 0.717) is 5.41 Å². The van der Waals surface area contributed by atoms with E-state index in [2.05, 4.69) is 35.6 Å². The smallest absolute Gasteiger partial charge is 0.202 e. The van der Waals surface area contributed by atoms with Gasteiger partial charge in [0.1, 0.15) is 0 Å². The van der Waals surface area contributed by atoms with Gasteiger partial charge >= 0.3 is 0 Å². The second kappa shape index (κ2) is 7.41. The highest BCUT2D eigenvalue weighted by molar-refractivity contribution is 5.25. The molecule has 1 aromatic rings. The monoisotopic (exact) mass is 253 g/mol. The van der Waals surface area contributed by atoms with E-state index in [4.69, 9.17) is 4.74 Å². The molecule has 0 bridgehead atoms. The summed E-state index contributed by atoms with van der Waals surface area (Å²) in [7, 11) is 0. The Morgan fingerprint density at radius 3 is 2.83 bits per heavy atom. The first kappa shape index (κ1) is 15.0. The molecule has 104 valence electrons. The van der Waals surface area contributed by atoms with Gasteiger partial charge in [0.05, 0.1) is 0 Å². The molecule has 0 fully saturated rings. The Bertz CT molecular complexity index is 334. The molecule has 4 heteroatoms. The number of nitrogens with zero attached hydrogens (tertiary/aromatic N) is 2. The normalized spacial score (nSPS) is 11.8. The van der Waals surface area contributed by atoms with Crippen LogP contribution in [0.5, 0.6) is 0 Å². The van der Waals surface area contributed by atoms with E-state index in [1.54, 1.807) is 0 Å². The highest BCUT2D eigenvalue weighted by Gasteiger charge is 2.17. The molecule has 0 saturated heterocycles. The number of anilines is 1. The molecule has 1 rings (SSSR count). The van der Waals surface area contributed by atoms with E-state index >= 15 is 0 Å². The Kier molecular flexibility index (Phi) is 6.19. The third-order valence-electron chi connectivity index (χ3n) is 3.22. The molecule has 0 aliphatic carbocycles. The second-order valence-corrected chi connectivity index (χ2v) is 5.37. The fourth-order valence-corrected chi connectivity index (χ4v) is 1.70. The summed E-state index contributed by atoms with van der Waals surface area (Å²) in [6.45, 7) is 12.3. The minimum absolute atomic E-state index is 0.308. The number of ether oxygens (including phenoxy) is 1. The van der Waals surface area contributed by atoms with Gasteiger partial charge in [-0.25, -0.2) is 4.98 Å². The molecule has 0 aromatic carbocycles. The zero-order valence-corrected chi connectivity index (χ0v) is 12.2. The van der Waals surface area contributed by atoms with Crippen LogP contribution in [0.25, 0.3) is 0 Å². The highest BCUT2D eigenvalue weighted by Crippen LogP contribution is 2.23. The van der Waals surface area contributed by atoms with Gasteiger partial charge in [-0.1, -0.05) is 20.8 Å². The fraction of sp³-hybridized carbons (Fsp3) is 0.786. The van der Waals surface area contributed by atoms with Crippen molar-refractivity contribution in [1.82, 2.24) is 9.55 Å². The van der Waals surface area contributed by atoms with Crippen LogP contribution in [0, 0.1) is 5.41 Å². The zero-order chi connectivity index (χ0) is 13.4. The lowest BCUT2D eigenvalue weighted by Crippen LogP contribution is -2.20. The lowest BCUT2D eigenvalue weighted by atomic mass is 9.90. The van der Waals surface area contributed by atoms with Gasteiger partial charge in [0, 0.05) is 38.7 Å². The van der Waals surface area contributed by atoms with Crippen LogP contribution in [0.1, 0.15) is 40.5 Å². The average Bonchev–Trinajstić information content (AvgIpc) is 2.76. The maximum atomic E-state index is 5.31. The van der Waals surface area contributed by atoms with Gasteiger partial charge in [-0.3, -0.25) is 0 Å². The topological polar surface area (TPSA) is 39.1 Å². The summed E-state index contributed by atoms with van der Waals surface area (Å²) in [6, 6.07) is 0. The minimum Gasteiger partial charge on any atom is -0.382 e. The standard InChI is InChI=1S/C14H27N3O/c1-5-14(3,4)12-17-10-9-16-13(17)15-8-7-11-18-6-2/h9-10H,5-8,11-12H2,1-4H3,(H,15,16). The molecule has 1 N–H and O–H groups in total. The summed E-state index contributed by atoms with van der Waals surface area (Å²) < 4.78 is 7.51. The molecular weight excluding hydrogens is 226 g/mol. The molecule has 0 atom stereocenters. The maximum Gasteiger partial charge on any atom is 0.202 e. The van der Waals surface area contributed by atoms with Gasteiger partial charge in [0.25, 0.3) is 0 Å².